The van der Waals surface area contributed by atoms with Gasteiger partial charge in [-0.25, -0.2) is 0 Å². The Kier molecular flexibility index (Phi) is 4.58. The second-order valence-corrected chi connectivity index (χ2v) is 4.97. The lowest BCUT2D eigenvalue weighted by Crippen LogP contribution is -2.29. The molecule has 15 heavy (non-hydrogen) atoms. The van der Waals surface area contributed by atoms with Gasteiger partial charge in [0.1, 0.15) is 0 Å². The first-order chi connectivity index (χ1) is 7.10. The number of rotatable bonds is 7. The minimum absolute atomic E-state index is 0.141. The highest BCUT2D eigenvalue weighted by atomic mass is 16.1. The summed E-state index contributed by atoms with van der Waals surface area (Å²) in [6.45, 7) is 6.69. The fraction of sp³-hybridized carbons (Fsp3) is 0.917. The van der Waals surface area contributed by atoms with Gasteiger partial charge in [0.05, 0.1) is 0 Å². The van der Waals surface area contributed by atoms with Gasteiger partial charge in [-0.05, 0) is 37.1 Å². The summed E-state index contributed by atoms with van der Waals surface area (Å²) in [5.74, 6) is 0.922. The third kappa shape index (κ3) is 3.82. The highest BCUT2D eigenvalue weighted by Crippen LogP contribution is 2.51. The summed E-state index contributed by atoms with van der Waals surface area (Å²) in [6, 6.07) is 0. The zero-order valence-electron chi connectivity index (χ0n) is 10.2. The molecule has 1 fully saturated rings. The molecule has 0 spiro atoms. The average molecular weight is 212 g/mol. The molecular weight excluding hydrogens is 188 g/mol. The minimum Gasteiger partial charge on any atom is -0.359 e. The van der Waals surface area contributed by atoms with E-state index in [-0.39, 0.29) is 5.91 Å². The molecular formula is C12H24N2O. The molecule has 1 rings (SSSR count). The maximum absolute atomic E-state index is 11.0. The Labute approximate surface area is 93.0 Å². The summed E-state index contributed by atoms with van der Waals surface area (Å²) in [6.07, 6.45) is 4.31. The molecule has 0 atom stereocenters. The maximum atomic E-state index is 11.0. The fourth-order valence-corrected chi connectivity index (χ4v) is 1.96. The van der Waals surface area contributed by atoms with E-state index in [2.05, 4.69) is 24.5 Å². The zero-order chi connectivity index (χ0) is 11.3. The molecule has 0 saturated heterocycles. The summed E-state index contributed by atoms with van der Waals surface area (Å²) in [4.78, 5) is 11.0. The van der Waals surface area contributed by atoms with E-state index in [0.717, 1.165) is 25.4 Å². The molecule has 0 aliphatic heterocycles. The fourth-order valence-electron chi connectivity index (χ4n) is 1.96. The monoisotopic (exact) mass is 212 g/mol. The SMILES string of the molecule is CNC(=O)CCCNCC1(C(C)C)CC1. The van der Waals surface area contributed by atoms with Gasteiger partial charge >= 0.3 is 0 Å². The second kappa shape index (κ2) is 5.50. The molecule has 0 heterocycles. The van der Waals surface area contributed by atoms with E-state index in [4.69, 9.17) is 0 Å². The van der Waals surface area contributed by atoms with E-state index in [1.165, 1.54) is 12.8 Å². The molecule has 3 heteroatoms. The standard InChI is InChI=1S/C12H24N2O/c1-10(2)12(6-7-12)9-14-8-4-5-11(15)13-3/h10,14H,4-9H2,1-3H3,(H,13,15). The van der Waals surface area contributed by atoms with Crippen LogP contribution in [0, 0.1) is 11.3 Å². The molecule has 3 nitrogen and oxygen atoms in total. The molecule has 1 saturated carbocycles. The predicted molar refractivity (Wildman–Crippen MR) is 62.7 cm³/mol. The number of hydrogen-bond acceptors (Lipinski definition) is 2. The minimum atomic E-state index is 0.141. The first-order valence-electron chi connectivity index (χ1n) is 6.02. The molecule has 0 aromatic carbocycles. The van der Waals surface area contributed by atoms with Crippen molar-refractivity contribution in [2.24, 2.45) is 11.3 Å². The van der Waals surface area contributed by atoms with Crippen LogP contribution < -0.4 is 10.6 Å². The Morgan fingerprint density at radius 1 is 1.40 bits per heavy atom. The lowest BCUT2D eigenvalue weighted by Gasteiger charge is -2.19. The number of nitrogens with one attached hydrogen (secondary N) is 2. The number of carbonyl (C=O) groups is 1. The van der Waals surface area contributed by atoms with Crippen molar-refractivity contribution in [3.63, 3.8) is 0 Å². The Hall–Kier alpha value is -0.570. The van der Waals surface area contributed by atoms with E-state index >= 15 is 0 Å². The highest BCUT2D eigenvalue weighted by molar-refractivity contribution is 5.75. The number of carbonyl (C=O) groups excluding carboxylic acids is 1. The largest absolute Gasteiger partial charge is 0.359 e. The second-order valence-electron chi connectivity index (χ2n) is 4.97. The first-order valence-corrected chi connectivity index (χ1v) is 6.02. The molecule has 0 aromatic heterocycles. The Balaban J connectivity index is 2.00. The molecule has 2 N–H and O–H groups in total. The van der Waals surface area contributed by atoms with Gasteiger partial charge in [-0.2, -0.15) is 0 Å². The van der Waals surface area contributed by atoms with Crippen molar-refractivity contribution in [3.05, 3.63) is 0 Å². The van der Waals surface area contributed by atoms with E-state index in [1.807, 2.05) is 0 Å². The molecule has 1 aliphatic rings. The van der Waals surface area contributed by atoms with Crippen LogP contribution in [0.25, 0.3) is 0 Å². The third-order valence-electron chi connectivity index (χ3n) is 3.63. The van der Waals surface area contributed by atoms with Crippen molar-refractivity contribution in [2.45, 2.75) is 39.5 Å². The normalized spacial score (nSPS) is 17.9. The number of hydrogen-bond donors (Lipinski definition) is 2. The quantitative estimate of drug-likeness (QED) is 0.629. The van der Waals surface area contributed by atoms with Crippen LogP contribution in [-0.2, 0) is 4.79 Å². The maximum Gasteiger partial charge on any atom is 0.219 e. The van der Waals surface area contributed by atoms with Gasteiger partial charge in [-0.3, -0.25) is 4.79 Å². The molecule has 0 unspecified atom stereocenters. The van der Waals surface area contributed by atoms with E-state index < -0.39 is 0 Å². The van der Waals surface area contributed by atoms with Gasteiger partial charge in [0.25, 0.3) is 0 Å². The molecule has 1 amide bonds. The zero-order valence-corrected chi connectivity index (χ0v) is 10.2. The van der Waals surface area contributed by atoms with Crippen LogP contribution in [0.15, 0.2) is 0 Å². The van der Waals surface area contributed by atoms with Crippen molar-refractivity contribution in [3.8, 4) is 0 Å². The van der Waals surface area contributed by atoms with Gasteiger partial charge in [0, 0.05) is 20.0 Å². The Morgan fingerprint density at radius 3 is 2.53 bits per heavy atom. The lowest BCUT2D eigenvalue weighted by molar-refractivity contribution is -0.120. The summed E-state index contributed by atoms with van der Waals surface area (Å²) in [5, 5.41) is 6.10. The van der Waals surface area contributed by atoms with Gasteiger partial charge < -0.3 is 10.6 Å². The van der Waals surface area contributed by atoms with Crippen molar-refractivity contribution in [1.82, 2.24) is 10.6 Å². The van der Waals surface area contributed by atoms with Crippen molar-refractivity contribution >= 4 is 5.91 Å². The van der Waals surface area contributed by atoms with Gasteiger partial charge in [0.15, 0.2) is 0 Å². The molecule has 0 aromatic rings. The molecule has 0 radical (unpaired) electrons. The molecule has 1 aliphatic carbocycles. The summed E-state index contributed by atoms with van der Waals surface area (Å²) in [7, 11) is 1.69. The topological polar surface area (TPSA) is 41.1 Å². The lowest BCUT2D eigenvalue weighted by atomic mass is 9.92. The van der Waals surface area contributed by atoms with Crippen LogP contribution in [0.3, 0.4) is 0 Å². The Bertz CT molecular complexity index is 210. The van der Waals surface area contributed by atoms with Crippen LogP contribution in [0.2, 0.25) is 0 Å². The van der Waals surface area contributed by atoms with Gasteiger partial charge in [-0.1, -0.05) is 13.8 Å². The summed E-state index contributed by atoms with van der Waals surface area (Å²) in [5.41, 5.74) is 0.576. The van der Waals surface area contributed by atoms with Crippen LogP contribution in [0.4, 0.5) is 0 Å². The van der Waals surface area contributed by atoms with Crippen LogP contribution in [0.5, 0.6) is 0 Å². The summed E-state index contributed by atoms with van der Waals surface area (Å²) >= 11 is 0. The molecule has 0 bridgehead atoms. The molecule has 88 valence electrons. The third-order valence-corrected chi connectivity index (χ3v) is 3.63. The van der Waals surface area contributed by atoms with Crippen LogP contribution in [0.1, 0.15) is 39.5 Å². The predicted octanol–water partition coefficient (Wildman–Crippen LogP) is 1.54. The van der Waals surface area contributed by atoms with Crippen molar-refractivity contribution in [1.29, 1.82) is 0 Å². The van der Waals surface area contributed by atoms with Crippen molar-refractivity contribution < 1.29 is 4.79 Å². The summed E-state index contributed by atoms with van der Waals surface area (Å²) < 4.78 is 0. The van der Waals surface area contributed by atoms with Crippen LogP contribution >= 0.6 is 0 Å². The Morgan fingerprint density at radius 2 is 2.07 bits per heavy atom. The van der Waals surface area contributed by atoms with E-state index in [1.54, 1.807) is 7.05 Å². The number of amides is 1. The van der Waals surface area contributed by atoms with E-state index in [9.17, 15) is 4.79 Å². The van der Waals surface area contributed by atoms with Crippen molar-refractivity contribution in [2.75, 3.05) is 20.1 Å². The van der Waals surface area contributed by atoms with Gasteiger partial charge in [-0.15, -0.1) is 0 Å². The first kappa shape index (κ1) is 12.5. The highest BCUT2D eigenvalue weighted by Gasteiger charge is 2.44. The van der Waals surface area contributed by atoms with Gasteiger partial charge in [0.2, 0.25) is 5.91 Å². The average Bonchev–Trinajstić information content (AvgIpc) is 2.98. The smallest absolute Gasteiger partial charge is 0.219 e. The van der Waals surface area contributed by atoms with E-state index in [0.29, 0.717) is 11.8 Å². The van der Waals surface area contributed by atoms with Crippen LogP contribution in [-0.4, -0.2) is 26.0 Å².